The Morgan fingerprint density at radius 2 is 1.77 bits per heavy atom. The molecule has 1 aliphatic rings. The first-order chi connectivity index (χ1) is 15.1. The van der Waals surface area contributed by atoms with Crippen LogP contribution in [0.3, 0.4) is 0 Å². The van der Waals surface area contributed by atoms with Crippen LogP contribution in [0.4, 0.5) is 5.95 Å². The number of anilines is 1. The quantitative estimate of drug-likeness (QED) is 0.531. The summed E-state index contributed by atoms with van der Waals surface area (Å²) in [4.78, 5) is 25.1. The molecule has 1 saturated heterocycles. The van der Waals surface area contributed by atoms with Gasteiger partial charge in [-0.25, -0.2) is 14.3 Å². The Morgan fingerprint density at radius 3 is 2.52 bits per heavy atom. The summed E-state index contributed by atoms with van der Waals surface area (Å²) in [7, 11) is 0. The molecule has 1 N–H and O–H groups in total. The molecule has 0 saturated carbocycles. The van der Waals surface area contributed by atoms with E-state index in [1.165, 1.54) is 4.68 Å². The second kappa shape index (κ2) is 7.99. The molecular formula is C22H26N8O. The first-order valence-electron chi connectivity index (χ1n) is 10.6. The van der Waals surface area contributed by atoms with Gasteiger partial charge in [0.15, 0.2) is 5.82 Å². The molecule has 4 aromatic rings. The number of nitrogens with one attached hydrogen (secondary N) is 1. The lowest BCUT2D eigenvalue weighted by Crippen LogP contribution is -2.48. The van der Waals surface area contributed by atoms with E-state index < -0.39 is 0 Å². The van der Waals surface area contributed by atoms with Crippen molar-refractivity contribution in [1.29, 1.82) is 0 Å². The fourth-order valence-corrected chi connectivity index (χ4v) is 4.08. The van der Waals surface area contributed by atoms with E-state index in [4.69, 9.17) is 4.98 Å². The molecule has 1 aromatic carbocycles. The van der Waals surface area contributed by atoms with Crippen LogP contribution in [-0.4, -0.2) is 67.2 Å². The van der Waals surface area contributed by atoms with Crippen LogP contribution in [-0.2, 0) is 6.54 Å². The summed E-state index contributed by atoms with van der Waals surface area (Å²) in [5.74, 6) is 1.59. The maximum Gasteiger partial charge on any atom is 0.266 e. The fourth-order valence-electron chi connectivity index (χ4n) is 4.08. The van der Waals surface area contributed by atoms with Gasteiger partial charge in [-0.05, 0) is 38.1 Å². The second-order valence-electron chi connectivity index (χ2n) is 8.00. The van der Waals surface area contributed by atoms with Gasteiger partial charge in [-0.15, -0.1) is 5.10 Å². The SMILES string of the molecule is Cc1cc(C)n(-c2ccc(=O)n(CCN3CCN(c4nc5ccccc5[nH]4)CC3)n2)n1. The van der Waals surface area contributed by atoms with E-state index in [2.05, 4.69) is 25.0 Å². The van der Waals surface area contributed by atoms with Crippen LogP contribution < -0.4 is 10.5 Å². The first-order valence-corrected chi connectivity index (χ1v) is 10.6. The van der Waals surface area contributed by atoms with E-state index in [-0.39, 0.29) is 5.56 Å². The van der Waals surface area contributed by atoms with Crippen molar-refractivity contribution in [2.24, 2.45) is 0 Å². The Hall–Kier alpha value is -3.46. The second-order valence-corrected chi connectivity index (χ2v) is 8.00. The van der Waals surface area contributed by atoms with E-state index in [1.54, 1.807) is 16.8 Å². The molecule has 0 atom stereocenters. The number of benzene rings is 1. The molecule has 0 amide bonds. The number of aromatic nitrogens is 6. The van der Waals surface area contributed by atoms with Crippen molar-refractivity contribution < 1.29 is 0 Å². The predicted octanol–water partition coefficient (Wildman–Crippen LogP) is 1.74. The number of nitrogens with zero attached hydrogens (tertiary/aromatic N) is 7. The molecule has 4 heterocycles. The highest BCUT2D eigenvalue weighted by atomic mass is 16.1. The van der Waals surface area contributed by atoms with Gasteiger partial charge in [-0.3, -0.25) is 9.69 Å². The zero-order chi connectivity index (χ0) is 21.4. The number of H-pyrrole nitrogens is 1. The van der Waals surface area contributed by atoms with Crippen molar-refractivity contribution in [3.8, 4) is 5.82 Å². The van der Waals surface area contributed by atoms with E-state index >= 15 is 0 Å². The van der Waals surface area contributed by atoms with Crippen LogP contribution in [0.25, 0.3) is 16.9 Å². The Bertz CT molecular complexity index is 1230. The van der Waals surface area contributed by atoms with Gasteiger partial charge in [0.25, 0.3) is 5.56 Å². The molecule has 0 aliphatic carbocycles. The van der Waals surface area contributed by atoms with Crippen molar-refractivity contribution in [2.75, 3.05) is 37.6 Å². The summed E-state index contributed by atoms with van der Waals surface area (Å²) >= 11 is 0. The molecule has 3 aromatic heterocycles. The number of aromatic amines is 1. The zero-order valence-corrected chi connectivity index (χ0v) is 17.8. The van der Waals surface area contributed by atoms with Gasteiger partial charge in [-0.1, -0.05) is 12.1 Å². The molecule has 31 heavy (non-hydrogen) atoms. The molecule has 0 unspecified atom stereocenters. The summed E-state index contributed by atoms with van der Waals surface area (Å²) in [6.07, 6.45) is 0. The predicted molar refractivity (Wildman–Crippen MR) is 120 cm³/mol. The lowest BCUT2D eigenvalue weighted by molar-refractivity contribution is 0.241. The van der Waals surface area contributed by atoms with Gasteiger partial charge in [0.2, 0.25) is 5.95 Å². The van der Waals surface area contributed by atoms with Crippen LogP contribution in [0.5, 0.6) is 0 Å². The molecule has 0 bridgehead atoms. The van der Waals surface area contributed by atoms with Gasteiger partial charge in [0.1, 0.15) is 0 Å². The molecule has 0 spiro atoms. The maximum atomic E-state index is 12.3. The third-order valence-electron chi connectivity index (χ3n) is 5.76. The number of piperazine rings is 1. The molecule has 1 aliphatic heterocycles. The van der Waals surface area contributed by atoms with E-state index in [0.717, 1.165) is 61.1 Å². The summed E-state index contributed by atoms with van der Waals surface area (Å²) in [5, 5.41) is 9.01. The van der Waals surface area contributed by atoms with Crippen LogP contribution in [0.2, 0.25) is 0 Å². The standard InChI is InChI=1S/C22H26N8O/c1-16-15-17(2)30(25-16)20-7-8-21(31)29(26-20)14-11-27-9-12-28(13-10-27)22-23-18-5-3-4-6-19(18)24-22/h3-8,15H,9-14H2,1-2H3,(H,23,24). The van der Waals surface area contributed by atoms with Crippen molar-refractivity contribution in [3.05, 3.63) is 64.2 Å². The van der Waals surface area contributed by atoms with Crippen LogP contribution in [0, 0.1) is 13.8 Å². The summed E-state index contributed by atoms with van der Waals surface area (Å²) < 4.78 is 3.31. The number of hydrogen-bond acceptors (Lipinski definition) is 6. The minimum Gasteiger partial charge on any atom is -0.340 e. The number of fused-ring (bicyclic) bond motifs is 1. The van der Waals surface area contributed by atoms with Crippen LogP contribution >= 0.6 is 0 Å². The van der Waals surface area contributed by atoms with Gasteiger partial charge in [0.05, 0.1) is 23.3 Å². The first kappa shape index (κ1) is 19.5. The number of para-hydroxylation sites is 2. The Balaban J connectivity index is 1.22. The van der Waals surface area contributed by atoms with Crippen molar-refractivity contribution >= 4 is 17.0 Å². The Kier molecular flexibility index (Phi) is 5.03. The zero-order valence-electron chi connectivity index (χ0n) is 17.8. The molecule has 5 rings (SSSR count). The van der Waals surface area contributed by atoms with Crippen molar-refractivity contribution in [3.63, 3.8) is 0 Å². The minimum absolute atomic E-state index is 0.0915. The van der Waals surface area contributed by atoms with Gasteiger partial charge >= 0.3 is 0 Å². The highest BCUT2D eigenvalue weighted by Gasteiger charge is 2.19. The van der Waals surface area contributed by atoms with Crippen molar-refractivity contribution in [1.82, 2.24) is 34.4 Å². The van der Waals surface area contributed by atoms with Gasteiger partial charge in [-0.2, -0.15) is 5.10 Å². The average Bonchev–Trinajstić information content (AvgIpc) is 3.36. The monoisotopic (exact) mass is 418 g/mol. The molecule has 160 valence electrons. The maximum absolute atomic E-state index is 12.3. The number of imidazole rings is 1. The lowest BCUT2D eigenvalue weighted by Gasteiger charge is -2.34. The summed E-state index contributed by atoms with van der Waals surface area (Å²) in [6, 6.07) is 13.4. The average molecular weight is 419 g/mol. The molecule has 9 heteroatoms. The largest absolute Gasteiger partial charge is 0.340 e. The van der Waals surface area contributed by atoms with Crippen LogP contribution in [0.1, 0.15) is 11.4 Å². The third-order valence-corrected chi connectivity index (χ3v) is 5.76. The Morgan fingerprint density at radius 1 is 0.968 bits per heavy atom. The normalized spacial score (nSPS) is 15.1. The highest BCUT2D eigenvalue weighted by molar-refractivity contribution is 5.77. The smallest absolute Gasteiger partial charge is 0.266 e. The Labute approximate surface area is 179 Å². The number of rotatable bonds is 5. The molecular weight excluding hydrogens is 392 g/mol. The van der Waals surface area contributed by atoms with E-state index in [1.807, 2.05) is 44.2 Å². The molecule has 9 nitrogen and oxygen atoms in total. The number of hydrogen-bond donors (Lipinski definition) is 1. The minimum atomic E-state index is -0.0915. The van der Waals surface area contributed by atoms with Gasteiger partial charge in [0, 0.05) is 44.5 Å². The van der Waals surface area contributed by atoms with E-state index in [9.17, 15) is 4.79 Å². The topological polar surface area (TPSA) is 87.9 Å². The van der Waals surface area contributed by atoms with Crippen molar-refractivity contribution in [2.45, 2.75) is 20.4 Å². The molecule has 0 radical (unpaired) electrons. The number of aryl methyl sites for hydroxylation is 2. The summed E-state index contributed by atoms with van der Waals surface area (Å²) in [6.45, 7) is 8.90. The van der Waals surface area contributed by atoms with Crippen LogP contribution in [0.15, 0.2) is 47.3 Å². The molecule has 1 fully saturated rings. The van der Waals surface area contributed by atoms with Gasteiger partial charge < -0.3 is 9.88 Å². The third kappa shape index (κ3) is 3.96. The highest BCUT2D eigenvalue weighted by Crippen LogP contribution is 2.18. The fraction of sp³-hybridized carbons (Fsp3) is 0.364. The lowest BCUT2D eigenvalue weighted by atomic mass is 10.3. The van der Waals surface area contributed by atoms with E-state index in [0.29, 0.717) is 12.4 Å². The summed E-state index contributed by atoms with van der Waals surface area (Å²) in [5.41, 5.74) is 3.89.